The predicted octanol–water partition coefficient (Wildman–Crippen LogP) is 4.64. The maximum atomic E-state index is 13.2. The van der Waals surface area contributed by atoms with E-state index in [9.17, 15) is 9.18 Å². The molecule has 0 aliphatic heterocycles. The number of halogens is 1. The molecule has 3 aromatic carbocycles. The monoisotopic (exact) mass is 349 g/mol. The van der Waals surface area contributed by atoms with Crippen LogP contribution in [0.25, 0.3) is 0 Å². The molecule has 132 valence electrons. The fraction of sp³-hybridized carbons (Fsp3) is 0.136. The average Bonchev–Trinajstić information content (AvgIpc) is 2.66. The lowest BCUT2D eigenvalue weighted by atomic mass is 10.1. The number of hydrogen-bond donors (Lipinski definition) is 1. The second-order valence-electron chi connectivity index (χ2n) is 6.06. The number of hydrogen-bond acceptors (Lipinski definition) is 2. The van der Waals surface area contributed by atoms with E-state index in [1.807, 2.05) is 61.5 Å². The van der Waals surface area contributed by atoms with Gasteiger partial charge in [-0.05, 0) is 53.9 Å². The van der Waals surface area contributed by atoms with Crippen molar-refractivity contribution in [1.82, 2.24) is 5.32 Å². The zero-order chi connectivity index (χ0) is 18.4. The second kappa shape index (κ2) is 8.30. The van der Waals surface area contributed by atoms with Gasteiger partial charge in [0.15, 0.2) is 0 Å². The maximum absolute atomic E-state index is 13.2. The second-order valence-corrected chi connectivity index (χ2v) is 6.06. The van der Waals surface area contributed by atoms with Crippen molar-refractivity contribution in [2.24, 2.45) is 0 Å². The smallest absolute Gasteiger partial charge is 0.251 e. The van der Waals surface area contributed by atoms with Crippen molar-refractivity contribution in [2.45, 2.75) is 20.1 Å². The first-order valence-corrected chi connectivity index (χ1v) is 8.42. The molecule has 0 aliphatic rings. The minimum atomic E-state index is -0.272. The lowest BCUT2D eigenvalue weighted by molar-refractivity contribution is 0.0950. The summed E-state index contributed by atoms with van der Waals surface area (Å²) in [7, 11) is 0. The molecule has 0 heterocycles. The van der Waals surface area contributed by atoms with Crippen LogP contribution in [0.3, 0.4) is 0 Å². The number of aryl methyl sites for hydroxylation is 1. The molecule has 3 rings (SSSR count). The van der Waals surface area contributed by atoms with E-state index in [4.69, 9.17) is 4.74 Å². The van der Waals surface area contributed by atoms with Gasteiger partial charge in [0.25, 0.3) is 5.91 Å². The van der Waals surface area contributed by atoms with Crippen molar-refractivity contribution in [3.63, 3.8) is 0 Å². The zero-order valence-electron chi connectivity index (χ0n) is 14.5. The van der Waals surface area contributed by atoms with Crippen LogP contribution in [0.2, 0.25) is 0 Å². The quantitative estimate of drug-likeness (QED) is 0.704. The van der Waals surface area contributed by atoms with Gasteiger partial charge in [0.05, 0.1) is 0 Å². The van der Waals surface area contributed by atoms with Crippen molar-refractivity contribution < 1.29 is 13.9 Å². The zero-order valence-corrected chi connectivity index (χ0v) is 14.5. The highest BCUT2D eigenvalue weighted by atomic mass is 19.1. The summed E-state index contributed by atoms with van der Waals surface area (Å²) in [6.45, 7) is 2.66. The Hall–Kier alpha value is -3.14. The summed E-state index contributed by atoms with van der Waals surface area (Å²) < 4.78 is 18.8. The summed E-state index contributed by atoms with van der Waals surface area (Å²) in [6, 6.07) is 21.3. The summed E-state index contributed by atoms with van der Waals surface area (Å²) in [5.74, 6) is 0.337. The number of carbonyl (C=O) groups is 1. The van der Waals surface area contributed by atoms with Crippen molar-refractivity contribution >= 4 is 5.91 Å². The van der Waals surface area contributed by atoms with Gasteiger partial charge in [0.1, 0.15) is 18.2 Å². The predicted molar refractivity (Wildman–Crippen MR) is 99.5 cm³/mol. The van der Waals surface area contributed by atoms with Crippen LogP contribution < -0.4 is 10.1 Å². The molecule has 0 aliphatic carbocycles. The number of benzene rings is 3. The summed E-state index contributed by atoms with van der Waals surface area (Å²) in [4.78, 5) is 12.2. The van der Waals surface area contributed by atoms with E-state index in [-0.39, 0.29) is 11.7 Å². The number of rotatable bonds is 6. The van der Waals surface area contributed by atoms with Crippen LogP contribution >= 0.6 is 0 Å². The van der Waals surface area contributed by atoms with E-state index >= 15 is 0 Å². The van der Waals surface area contributed by atoms with Gasteiger partial charge >= 0.3 is 0 Å². The molecule has 3 nitrogen and oxygen atoms in total. The third-order valence-corrected chi connectivity index (χ3v) is 4.06. The van der Waals surface area contributed by atoms with Crippen LogP contribution in [0, 0.1) is 12.7 Å². The van der Waals surface area contributed by atoms with E-state index in [0.29, 0.717) is 24.5 Å². The summed E-state index contributed by atoms with van der Waals surface area (Å²) >= 11 is 0. The normalized spacial score (nSPS) is 10.4. The van der Waals surface area contributed by atoms with Crippen molar-refractivity contribution in [2.75, 3.05) is 0 Å². The molecule has 0 saturated heterocycles. The van der Waals surface area contributed by atoms with E-state index in [1.54, 1.807) is 6.07 Å². The Kier molecular flexibility index (Phi) is 5.64. The van der Waals surface area contributed by atoms with Crippen LogP contribution in [0.4, 0.5) is 4.39 Å². The number of carbonyl (C=O) groups excluding carboxylic acids is 1. The van der Waals surface area contributed by atoms with Crippen LogP contribution in [-0.4, -0.2) is 5.91 Å². The fourth-order valence-electron chi connectivity index (χ4n) is 2.60. The van der Waals surface area contributed by atoms with E-state index < -0.39 is 0 Å². The summed E-state index contributed by atoms with van der Waals surface area (Å²) in [5.41, 5.74) is 3.39. The minimum Gasteiger partial charge on any atom is -0.489 e. The standard InChI is InChI=1S/C22H20FNO2/c1-16-5-2-3-8-21(16)22(25)24-14-17-9-11-20(12-10-17)26-15-18-6-4-7-19(23)13-18/h2-13H,14-15H2,1H3,(H,24,25). The molecule has 0 spiro atoms. The summed E-state index contributed by atoms with van der Waals surface area (Å²) in [6.07, 6.45) is 0. The molecular weight excluding hydrogens is 329 g/mol. The molecular formula is C22H20FNO2. The van der Waals surface area contributed by atoms with Gasteiger partial charge in [0, 0.05) is 12.1 Å². The SMILES string of the molecule is Cc1ccccc1C(=O)NCc1ccc(OCc2cccc(F)c2)cc1. The van der Waals surface area contributed by atoms with E-state index in [1.165, 1.54) is 12.1 Å². The van der Waals surface area contributed by atoms with Crippen LogP contribution in [-0.2, 0) is 13.2 Å². The first kappa shape index (κ1) is 17.7. The molecule has 0 saturated carbocycles. The molecule has 0 atom stereocenters. The molecule has 4 heteroatoms. The Labute approximate surface area is 152 Å². The average molecular weight is 349 g/mol. The third-order valence-electron chi connectivity index (χ3n) is 4.06. The molecule has 1 amide bonds. The van der Waals surface area contributed by atoms with Crippen molar-refractivity contribution in [1.29, 1.82) is 0 Å². The largest absolute Gasteiger partial charge is 0.489 e. The molecule has 0 aromatic heterocycles. The third kappa shape index (κ3) is 4.70. The van der Waals surface area contributed by atoms with Crippen molar-refractivity contribution in [3.05, 3.63) is 101 Å². The highest BCUT2D eigenvalue weighted by Crippen LogP contribution is 2.15. The first-order chi connectivity index (χ1) is 12.6. The number of nitrogens with one attached hydrogen (secondary N) is 1. The Morgan fingerprint density at radius 3 is 2.46 bits per heavy atom. The van der Waals surface area contributed by atoms with Crippen LogP contribution in [0.1, 0.15) is 27.0 Å². The van der Waals surface area contributed by atoms with Crippen molar-refractivity contribution in [3.8, 4) is 5.75 Å². The van der Waals surface area contributed by atoms with Gasteiger partial charge in [-0.2, -0.15) is 0 Å². The molecule has 0 bridgehead atoms. The minimum absolute atomic E-state index is 0.0884. The molecule has 0 unspecified atom stereocenters. The Bertz CT molecular complexity index is 891. The van der Waals surface area contributed by atoms with Gasteiger partial charge in [-0.3, -0.25) is 4.79 Å². The van der Waals surface area contributed by atoms with E-state index in [0.717, 1.165) is 16.7 Å². The summed E-state index contributed by atoms with van der Waals surface area (Å²) in [5, 5.41) is 2.92. The molecule has 0 radical (unpaired) electrons. The highest BCUT2D eigenvalue weighted by Gasteiger charge is 2.07. The van der Waals surface area contributed by atoms with Gasteiger partial charge in [0.2, 0.25) is 0 Å². The lowest BCUT2D eigenvalue weighted by Crippen LogP contribution is -2.23. The lowest BCUT2D eigenvalue weighted by Gasteiger charge is -2.09. The number of ether oxygens (including phenoxy) is 1. The van der Waals surface area contributed by atoms with Crippen LogP contribution in [0.5, 0.6) is 5.75 Å². The Balaban J connectivity index is 1.53. The molecule has 1 N–H and O–H groups in total. The Morgan fingerprint density at radius 2 is 1.73 bits per heavy atom. The van der Waals surface area contributed by atoms with Gasteiger partial charge in [-0.25, -0.2) is 4.39 Å². The van der Waals surface area contributed by atoms with E-state index in [2.05, 4.69) is 5.32 Å². The highest BCUT2D eigenvalue weighted by molar-refractivity contribution is 5.95. The molecule has 3 aromatic rings. The molecule has 26 heavy (non-hydrogen) atoms. The fourth-order valence-corrected chi connectivity index (χ4v) is 2.60. The maximum Gasteiger partial charge on any atom is 0.251 e. The first-order valence-electron chi connectivity index (χ1n) is 8.42. The topological polar surface area (TPSA) is 38.3 Å². The van der Waals surface area contributed by atoms with Gasteiger partial charge in [-0.1, -0.05) is 42.5 Å². The van der Waals surface area contributed by atoms with Gasteiger partial charge in [-0.15, -0.1) is 0 Å². The Morgan fingerprint density at radius 1 is 0.962 bits per heavy atom. The number of amides is 1. The van der Waals surface area contributed by atoms with Gasteiger partial charge < -0.3 is 10.1 Å². The van der Waals surface area contributed by atoms with Crippen LogP contribution in [0.15, 0.2) is 72.8 Å². The molecule has 0 fully saturated rings.